The zero-order chi connectivity index (χ0) is 14.7. The van der Waals surface area contributed by atoms with Gasteiger partial charge in [-0.3, -0.25) is 10.1 Å². The molecule has 0 saturated carbocycles. The molecule has 8 heteroatoms. The van der Waals surface area contributed by atoms with E-state index in [0.717, 1.165) is 19.3 Å². The summed E-state index contributed by atoms with van der Waals surface area (Å²) in [5, 5.41) is 20.6. The Labute approximate surface area is 120 Å². The van der Waals surface area contributed by atoms with E-state index in [1.54, 1.807) is 0 Å². The molecule has 20 heavy (non-hydrogen) atoms. The molecule has 2 heterocycles. The minimum absolute atomic E-state index is 0.0775. The van der Waals surface area contributed by atoms with Crippen molar-refractivity contribution in [2.45, 2.75) is 31.7 Å². The van der Waals surface area contributed by atoms with Crippen molar-refractivity contribution in [2.24, 2.45) is 0 Å². The van der Waals surface area contributed by atoms with Gasteiger partial charge in [-0.2, -0.15) is 0 Å². The second-order valence-electron chi connectivity index (χ2n) is 4.65. The van der Waals surface area contributed by atoms with Crippen molar-refractivity contribution >= 4 is 29.1 Å². The van der Waals surface area contributed by atoms with Gasteiger partial charge in [0.25, 0.3) is 0 Å². The molecule has 0 aliphatic carbocycles. The van der Waals surface area contributed by atoms with Crippen LogP contribution in [0.5, 0.6) is 0 Å². The summed E-state index contributed by atoms with van der Waals surface area (Å²) in [6.45, 7) is 0.437. The van der Waals surface area contributed by atoms with Crippen molar-refractivity contribution in [1.29, 1.82) is 0 Å². The van der Waals surface area contributed by atoms with E-state index in [4.69, 9.17) is 11.6 Å². The van der Waals surface area contributed by atoms with E-state index in [9.17, 15) is 20.0 Å². The lowest BCUT2D eigenvalue weighted by Crippen LogP contribution is -2.41. The number of anilines is 1. The molecular formula is C12H14ClN3O4. The van der Waals surface area contributed by atoms with Crippen LogP contribution in [0.3, 0.4) is 0 Å². The molecule has 1 saturated heterocycles. The number of aliphatic carboxylic acids is 1. The Balaban J connectivity index is 2.46. The summed E-state index contributed by atoms with van der Waals surface area (Å²) in [6, 6.07) is 0.415. The fourth-order valence-corrected chi connectivity index (χ4v) is 2.55. The molecule has 0 amide bonds. The first-order chi connectivity index (χ1) is 9.50. The average molecular weight is 300 g/mol. The highest BCUT2D eigenvalue weighted by atomic mass is 35.5. The number of rotatable bonds is 3. The Morgan fingerprint density at radius 2 is 2.25 bits per heavy atom. The van der Waals surface area contributed by atoms with Crippen LogP contribution in [0.15, 0.2) is 12.3 Å². The lowest BCUT2D eigenvalue weighted by molar-refractivity contribution is -0.384. The SMILES string of the molecule is O=C(O)C1CCCCCN1c1ncc(Cl)cc1[N+](=O)[O-]. The Kier molecular flexibility index (Phi) is 4.39. The number of nitrogens with zero attached hydrogens (tertiary/aromatic N) is 3. The number of carbonyl (C=O) groups is 1. The number of carboxylic acids is 1. The van der Waals surface area contributed by atoms with E-state index in [1.165, 1.54) is 17.2 Å². The summed E-state index contributed by atoms with van der Waals surface area (Å²) in [5.74, 6) is -0.911. The quantitative estimate of drug-likeness (QED) is 0.680. The van der Waals surface area contributed by atoms with Crippen molar-refractivity contribution in [3.63, 3.8) is 0 Å². The largest absolute Gasteiger partial charge is 0.480 e. The van der Waals surface area contributed by atoms with Crippen LogP contribution in [-0.4, -0.2) is 33.6 Å². The molecule has 1 N–H and O–H groups in total. The summed E-state index contributed by atoms with van der Waals surface area (Å²) in [6.07, 6.45) is 4.23. The molecule has 0 aromatic carbocycles. The molecule has 1 atom stereocenters. The summed E-state index contributed by atoms with van der Waals surface area (Å²) >= 11 is 5.73. The molecule has 1 aliphatic heterocycles. The van der Waals surface area contributed by atoms with Crippen molar-refractivity contribution in [1.82, 2.24) is 4.98 Å². The molecule has 0 bridgehead atoms. The molecule has 1 aromatic heterocycles. The van der Waals surface area contributed by atoms with Crippen LogP contribution in [0.2, 0.25) is 5.02 Å². The Bertz CT molecular complexity index is 537. The van der Waals surface area contributed by atoms with E-state index < -0.39 is 16.9 Å². The van der Waals surface area contributed by atoms with Gasteiger partial charge in [-0.25, -0.2) is 9.78 Å². The van der Waals surface area contributed by atoms with E-state index in [2.05, 4.69) is 4.98 Å². The Morgan fingerprint density at radius 3 is 2.90 bits per heavy atom. The van der Waals surface area contributed by atoms with Crippen molar-refractivity contribution in [3.8, 4) is 0 Å². The smallest absolute Gasteiger partial charge is 0.326 e. The molecular weight excluding hydrogens is 286 g/mol. The Hall–Kier alpha value is -1.89. The fraction of sp³-hybridized carbons (Fsp3) is 0.500. The van der Waals surface area contributed by atoms with Crippen LogP contribution in [0, 0.1) is 10.1 Å². The van der Waals surface area contributed by atoms with Crippen LogP contribution in [-0.2, 0) is 4.79 Å². The summed E-state index contributed by atoms with van der Waals surface area (Å²) in [4.78, 5) is 27.4. The molecule has 1 fully saturated rings. The maximum Gasteiger partial charge on any atom is 0.326 e. The third-order valence-corrected chi connectivity index (χ3v) is 3.53. The zero-order valence-corrected chi connectivity index (χ0v) is 11.4. The number of pyridine rings is 1. The van der Waals surface area contributed by atoms with Gasteiger partial charge < -0.3 is 10.0 Å². The highest BCUT2D eigenvalue weighted by molar-refractivity contribution is 6.30. The average Bonchev–Trinajstić information content (AvgIpc) is 2.64. The number of carboxylic acid groups (broad SMARTS) is 1. The minimum Gasteiger partial charge on any atom is -0.480 e. The highest BCUT2D eigenvalue weighted by Crippen LogP contribution is 2.32. The fourth-order valence-electron chi connectivity index (χ4n) is 2.40. The maximum absolute atomic E-state index is 11.4. The van der Waals surface area contributed by atoms with Gasteiger partial charge in [-0.15, -0.1) is 0 Å². The number of aromatic nitrogens is 1. The van der Waals surface area contributed by atoms with Crippen molar-refractivity contribution in [3.05, 3.63) is 27.4 Å². The van der Waals surface area contributed by atoms with Gasteiger partial charge in [0.1, 0.15) is 6.04 Å². The maximum atomic E-state index is 11.4. The minimum atomic E-state index is -0.988. The predicted octanol–water partition coefficient (Wildman–Crippen LogP) is 2.48. The lowest BCUT2D eigenvalue weighted by atomic mass is 10.1. The number of hydrogen-bond donors (Lipinski definition) is 1. The predicted molar refractivity (Wildman–Crippen MR) is 73.1 cm³/mol. The van der Waals surface area contributed by atoms with Gasteiger partial charge in [0, 0.05) is 18.8 Å². The molecule has 1 aliphatic rings. The third kappa shape index (κ3) is 2.98. The molecule has 108 valence electrons. The van der Waals surface area contributed by atoms with Crippen LogP contribution in [0.1, 0.15) is 25.7 Å². The standard InChI is InChI=1S/C12H14ClN3O4/c13-8-6-10(16(19)20)11(14-7-8)15-5-3-1-2-4-9(15)12(17)18/h6-7,9H,1-5H2,(H,17,18). The van der Waals surface area contributed by atoms with Gasteiger partial charge in [0.05, 0.1) is 9.95 Å². The van der Waals surface area contributed by atoms with Gasteiger partial charge >= 0.3 is 11.7 Å². The van der Waals surface area contributed by atoms with E-state index in [1.807, 2.05) is 0 Å². The molecule has 0 radical (unpaired) electrons. The van der Waals surface area contributed by atoms with E-state index in [-0.39, 0.29) is 16.5 Å². The molecule has 1 unspecified atom stereocenters. The summed E-state index contributed by atoms with van der Waals surface area (Å²) in [5.41, 5.74) is -0.259. The first kappa shape index (κ1) is 14.5. The lowest BCUT2D eigenvalue weighted by Gasteiger charge is -2.27. The van der Waals surface area contributed by atoms with E-state index >= 15 is 0 Å². The van der Waals surface area contributed by atoms with Crippen molar-refractivity contribution < 1.29 is 14.8 Å². The molecule has 0 spiro atoms. The monoisotopic (exact) mass is 299 g/mol. The van der Waals surface area contributed by atoms with Crippen LogP contribution >= 0.6 is 11.6 Å². The van der Waals surface area contributed by atoms with Crippen LogP contribution in [0.25, 0.3) is 0 Å². The zero-order valence-electron chi connectivity index (χ0n) is 10.7. The molecule has 7 nitrogen and oxygen atoms in total. The summed E-state index contributed by atoms with van der Waals surface area (Å²) < 4.78 is 0. The second-order valence-corrected chi connectivity index (χ2v) is 5.09. The first-order valence-electron chi connectivity index (χ1n) is 6.30. The van der Waals surface area contributed by atoms with Gasteiger partial charge in [-0.05, 0) is 12.8 Å². The topological polar surface area (TPSA) is 96.6 Å². The normalized spacial score (nSPS) is 19.4. The molecule has 1 aromatic rings. The number of halogens is 1. The Morgan fingerprint density at radius 1 is 1.50 bits per heavy atom. The third-order valence-electron chi connectivity index (χ3n) is 3.32. The van der Waals surface area contributed by atoms with Crippen LogP contribution < -0.4 is 4.90 Å². The van der Waals surface area contributed by atoms with Gasteiger partial charge in [-0.1, -0.05) is 24.4 Å². The molecule has 2 rings (SSSR count). The highest BCUT2D eigenvalue weighted by Gasteiger charge is 2.32. The van der Waals surface area contributed by atoms with Gasteiger partial charge in [0.15, 0.2) is 0 Å². The van der Waals surface area contributed by atoms with E-state index in [0.29, 0.717) is 13.0 Å². The van der Waals surface area contributed by atoms with Crippen LogP contribution in [0.4, 0.5) is 11.5 Å². The second kappa shape index (κ2) is 6.04. The summed E-state index contributed by atoms with van der Waals surface area (Å²) in [7, 11) is 0. The van der Waals surface area contributed by atoms with Crippen molar-refractivity contribution in [2.75, 3.05) is 11.4 Å². The number of nitro groups is 1. The first-order valence-corrected chi connectivity index (χ1v) is 6.68. The number of hydrogen-bond acceptors (Lipinski definition) is 5. The van der Waals surface area contributed by atoms with Gasteiger partial charge in [0.2, 0.25) is 5.82 Å².